The number of likely N-dealkylation sites (tertiary alicyclic amines) is 1. The molecule has 5 nitrogen and oxygen atoms in total. The van der Waals surface area contributed by atoms with Gasteiger partial charge < -0.3 is 4.74 Å². The highest BCUT2D eigenvalue weighted by Crippen LogP contribution is 2.34. The maximum atomic E-state index is 12.9. The van der Waals surface area contributed by atoms with Crippen molar-refractivity contribution in [1.29, 1.82) is 0 Å². The second-order valence-corrected chi connectivity index (χ2v) is 9.08. The molecule has 1 aromatic heterocycles. The van der Waals surface area contributed by atoms with Crippen molar-refractivity contribution in [3.63, 3.8) is 0 Å². The molecule has 2 aliphatic heterocycles. The molecule has 0 radical (unpaired) electrons. The van der Waals surface area contributed by atoms with Gasteiger partial charge in [0.2, 0.25) is 0 Å². The van der Waals surface area contributed by atoms with Crippen LogP contribution >= 0.6 is 11.3 Å². The van der Waals surface area contributed by atoms with Crippen LogP contribution in [-0.4, -0.2) is 57.0 Å². The molecule has 124 valence electrons. The van der Waals surface area contributed by atoms with Gasteiger partial charge >= 0.3 is 0 Å². The third-order valence-corrected chi connectivity index (χ3v) is 7.95. The number of sulfonamides is 1. The Hall–Kier alpha value is -0.630. The lowest BCUT2D eigenvalue weighted by Gasteiger charge is -2.40. The van der Waals surface area contributed by atoms with E-state index in [1.165, 1.54) is 37.7 Å². The Morgan fingerprint density at radius 3 is 2.68 bits per heavy atom. The quantitative estimate of drug-likeness (QED) is 0.841. The van der Waals surface area contributed by atoms with Gasteiger partial charge in [0.1, 0.15) is 5.75 Å². The lowest BCUT2D eigenvalue weighted by Crippen LogP contribution is -2.50. The largest absolute Gasteiger partial charge is 0.494 e. The minimum atomic E-state index is -3.43. The topological polar surface area (TPSA) is 49.9 Å². The van der Waals surface area contributed by atoms with E-state index in [9.17, 15) is 8.42 Å². The minimum absolute atomic E-state index is 0.342. The zero-order chi connectivity index (χ0) is 15.6. The lowest BCUT2D eigenvalue weighted by atomic mass is 10.0. The third-order valence-electron chi connectivity index (χ3n) is 4.66. The van der Waals surface area contributed by atoms with Gasteiger partial charge in [0, 0.05) is 19.1 Å². The molecule has 7 heteroatoms. The van der Waals surface area contributed by atoms with E-state index >= 15 is 0 Å². The fourth-order valence-electron chi connectivity index (χ4n) is 3.46. The number of ether oxygens (including phenoxy) is 1. The molecule has 0 saturated carbocycles. The number of hydrogen-bond donors (Lipinski definition) is 0. The van der Waals surface area contributed by atoms with Crippen LogP contribution in [0, 0.1) is 0 Å². The first kappa shape index (κ1) is 16.2. The molecular weight excluding hydrogens is 320 g/mol. The minimum Gasteiger partial charge on any atom is -0.494 e. The summed E-state index contributed by atoms with van der Waals surface area (Å²) in [6.07, 6.45) is 5.82. The Labute approximate surface area is 136 Å². The highest BCUT2D eigenvalue weighted by Gasteiger charge is 2.35. The number of methoxy groups -OCH3 is 1. The molecule has 1 atom stereocenters. The number of nitrogens with zero attached hydrogens (tertiary/aromatic N) is 2. The number of thiophene rings is 1. The van der Waals surface area contributed by atoms with E-state index in [0.29, 0.717) is 29.1 Å². The molecule has 3 heterocycles. The van der Waals surface area contributed by atoms with Crippen LogP contribution in [0.4, 0.5) is 0 Å². The Morgan fingerprint density at radius 1 is 1.18 bits per heavy atom. The van der Waals surface area contributed by atoms with E-state index in [4.69, 9.17) is 4.74 Å². The fourth-order valence-corrected chi connectivity index (χ4v) is 6.39. The normalized spacial score (nSPS) is 25.2. The first-order valence-corrected chi connectivity index (χ1v) is 10.3. The molecule has 2 saturated heterocycles. The third kappa shape index (κ3) is 3.18. The monoisotopic (exact) mass is 344 g/mol. The maximum Gasteiger partial charge on any atom is 0.256 e. The van der Waals surface area contributed by atoms with Crippen molar-refractivity contribution in [3.05, 3.63) is 11.4 Å². The standard InChI is InChI=1S/C15H24N2O3S2/c1-20-14-7-11-21-15(14)22(18,19)17-10-5-6-13(12-17)16-8-3-2-4-9-16/h7,11,13H,2-6,8-10,12H2,1H3/t13-/m0/s1. The summed E-state index contributed by atoms with van der Waals surface area (Å²) in [5, 5.41) is 1.78. The van der Waals surface area contributed by atoms with Crippen LogP contribution in [0.15, 0.2) is 15.7 Å². The van der Waals surface area contributed by atoms with E-state index in [2.05, 4.69) is 4.90 Å². The van der Waals surface area contributed by atoms with E-state index in [-0.39, 0.29) is 0 Å². The van der Waals surface area contributed by atoms with Gasteiger partial charge in [-0.15, -0.1) is 11.3 Å². The van der Waals surface area contributed by atoms with E-state index in [1.807, 2.05) is 0 Å². The van der Waals surface area contributed by atoms with Gasteiger partial charge in [0.15, 0.2) is 4.21 Å². The average Bonchev–Trinajstić information content (AvgIpc) is 3.05. The summed E-state index contributed by atoms with van der Waals surface area (Å²) in [5.41, 5.74) is 0. The van der Waals surface area contributed by atoms with Crippen molar-refractivity contribution in [3.8, 4) is 5.75 Å². The zero-order valence-electron chi connectivity index (χ0n) is 13.0. The van der Waals surface area contributed by atoms with Crippen LogP contribution < -0.4 is 4.74 Å². The average molecular weight is 345 g/mol. The Bertz CT molecular complexity index is 594. The molecule has 0 amide bonds. The van der Waals surface area contributed by atoms with Gasteiger partial charge in [-0.3, -0.25) is 4.90 Å². The van der Waals surface area contributed by atoms with Crippen molar-refractivity contribution >= 4 is 21.4 Å². The Kier molecular flexibility index (Phi) is 5.07. The van der Waals surface area contributed by atoms with Crippen LogP contribution in [0.25, 0.3) is 0 Å². The van der Waals surface area contributed by atoms with Gasteiger partial charge in [-0.1, -0.05) is 6.42 Å². The highest BCUT2D eigenvalue weighted by molar-refractivity contribution is 7.91. The molecule has 22 heavy (non-hydrogen) atoms. The maximum absolute atomic E-state index is 12.9. The molecule has 0 bridgehead atoms. The first-order valence-electron chi connectivity index (χ1n) is 7.98. The highest BCUT2D eigenvalue weighted by atomic mass is 32.2. The van der Waals surface area contributed by atoms with Gasteiger partial charge in [0.25, 0.3) is 10.0 Å². The number of piperidine rings is 2. The summed E-state index contributed by atoms with van der Waals surface area (Å²) in [6, 6.07) is 2.10. The summed E-state index contributed by atoms with van der Waals surface area (Å²) < 4.78 is 33.0. The molecule has 2 aliphatic rings. The molecule has 3 rings (SSSR count). The van der Waals surface area contributed by atoms with Crippen molar-refractivity contribution < 1.29 is 13.2 Å². The molecule has 2 fully saturated rings. The van der Waals surface area contributed by atoms with Crippen LogP contribution in [0.2, 0.25) is 0 Å². The van der Waals surface area contributed by atoms with Gasteiger partial charge in [-0.2, -0.15) is 4.31 Å². The van der Waals surface area contributed by atoms with Crippen molar-refractivity contribution in [2.45, 2.75) is 42.4 Å². The van der Waals surface area contributed by atoms with Crippen molar-refractivity contribution in [2.24, 2.45) is 0 Å². The summed E-state index contributed by atoms with van der Waals surface area (Å²) >= 11 is 1.24. The summed E-state index contributed by atoms with van der Waals surface area (Å²) in [4.78, 5) is 2.48. The lowest BCUT2D eigenvalue weighted by molar-refractivity contribution is 0.114. The Morgan fingerprint density at radius 2 is 1.95 bits per heavy atom. The number of rotatable bonds is 4. The zero-order valence-corrected chi connectivity index (χ0v) is 14.7. The predicted molar refractivity (Wildman–Crippen MR) is 88.1 cm³/mol. The van der Waals surface area contributed by atoms with E-state index in [1.54, 1.807) is 15.8 Å². The molecule has 0 unspecified atom stereocenters. The van der Waals surface area contributed by atoms with Crippen LogP contribution in [0.3, 0.4) is 0 Å². The molecule has 0 aliphatic carbocycles. The van der Waals surface area contributed by atoms with Crippen LogP contribution in [0.1, 0.15) is 32.1 Å². The van der Waals surface area contributed by atoms with Crippen LogP contribution in [0.5, 0.6) is 5.75 Å². The van der Waals surface area contributed by atoms with Gasteiger partial charge in [-0.05, 0) is 50.2 Å². The second kappa shape index (κ2) is 6.86. The predicted octanol–water partition coefficient (Wildman–Crippen LogP) is 2.40. The smallest absolute Gasteiger partial charge is 0.256 e. The van der Waals surface area contributed by atoms with Gasteiger partial charge in [-0.25, -0.2) is 8.42 Å². The SMILES string of the molecule is COc1ccsc1S(=O)(=O)N1CCC[C@H](N2CCCCC2)C1. The number of hydrogen-bond acceptors (Lipinski definition) is 5. The van der Waals surface area contributed by atoms with Crippen molar-refractivity contribution in [2.75, 3.05) is 33.3 Å². The molecule has 0 spiro atoms. The molecule has 0 N–H and O–H groups in total. The molecule has 0 aromatic carbocycles. The van der Waals surface area contributed by atoms with E-state index in [0.717, 1.165) is 25.9 Å². The summed E-state index contributed by atoms with van der Waals surface area (Å²) in [7, 11) is -1.91. The van der Waals surface area contributed by atoms with Gasteiger partial charge in [0.05, 0.1) is 7.11 Å². The van der Waals surface area contributed by atoms with E-state index < -0.39 is 10.0 Å². The molecule has 1 aromatic rings. The van der Waals surface area contributed by atoms with Crippen molar-refractivity contribution in [1.82, 2.24) is 9.21 Å². The fraction of sp³-hybridized carbons (Fsp3) is 0.733. The van der Waals surface area contributed by atoms with Crippen LogP contribution in [-0.2, 0) is 10.0 Å². The Balaban J connectivity index is 1.76. The first-order chi connectivity index (χ1) is 10.6. The summed E-state index contributed by atoms with van der Waals surface area (Å²) in [6.45, 7) is 3.46. The summed E-state index contributed by atoms with van der Waals surface area (Å²) in [5.74, 6) is 0.463. The molecular formula is C15H24N2O3S2. The second-order valence-electron chi connectivity index (χ2n) is 6.03.